The van der Waals surface area contributed by atoms with E-state index in [9.17, 15) is 0 Å². The van der Waals surface area contributed by atoms with Gasteiger partial charge in [-0.3, -0.25) is 4.90 Å². The molecule has 2 aromatic carbocycles. The van der Waals surface area contributed by atoms with E-state index in [0.29, 0.717) is 6.04 Å². The Balaban J connectivity index is 1.60. The van der Waals surface area contributed by atoms with Crippen LogP contribution in [0.4, 0.5) is 0 Å². The highest BCUT2D eigenvalue weighted by atomic mass is 15.2. The van der Waals surface area contributed by atoms with Gasteiger partial charge in [-0.05, 0) is 47.9 Å². The highest BCUT2D eigenvalue weighted by Crippen LogP contribution is 2.51. The second kappa shape index (κ2) is 5.22. The molecule has 6 rings (SSSR count). The van der Waals surface area contributed by atoms with Gasteiger partial charge in [0.1, 0.15) is 0 Å². The number of para-hydroxylation sites is 1. The number of hydrogen-bond donors (Lipinski definition) is 1. The first kappa shape index (κ1) is 14.1. The first-order valence-corrected chi connectivity index (χ1v) is 9.86. The number of H-pyrrole nitrogens is 1. The third kappa shape index (κ3) is 1.89. The van der Waals surface area contributed by atoms with Crippen LogP contribution in [0.5, 0.6) is 0 Å². The van der Waals surface area contributed by atoms with Gasteiger partial charge in [-0.25, -0.2) is 0 Å². The summed E-state index contributed by atoms with van der Waals surface area (Å²) >= 11 is 0. The van der Waals surface area contributed by atoms with Gasteiger partial charge in [0.05, 0.1) is 6.04 Å². The van der Waals surface area contributed by atoms with Crippen LogP contribution in [0.15, 0.2) is 48.5 Å². The normalized spacial score (nSPS) is 28.1. The molecule has 0 saturated heterocycles. The largest absolute Gasteiger partial charge is 0.357 e. The minimum absolute atomic E-state index is 0.423. The van der Waals surface area contributed by atoms with Gasteiger partial charge in [0.25, 0.3) is 0 Å². The second-order valence-electron chi connectivity index (χ2n) is 8.04. The second-order valence-corrected chi connectivity index (χ2v) is 8.04. The number of benzene rings is 2. The van der Waals surface area contributed by atoms with Gasteiger partial charge < -0.3 is 4.98 Å². The summed E-state index contributed by atoms with van der Waals surface area (Å²) in [6, 6.07) is 19.3. The van der Waals surface area contributed by atoms with Crippen molar-refractivity contribution in [2.45, 2.75) is 50.1 Å². The molecule has 1 aliphatic carbocycles. The van der Waals surface area contributed by atoms with Gasteiger partial charge in [-0.15, -0.1) is 0 Å². The average molecular weight is 328 g/mol. The van der Waals surface area contributed by atoms with E-state index in [0.717, 1.165) is 12.0 Å². The molecule has 3 aromatic rings. The lowest BCUT2D eigenvalue weighted by Gasteiger charge is -2.51. The Morgan fingerprint density at radius 1 is 0.880 bits per heavy atom. The predicted octanol–water partition coefficient (Wildman–Crippen LogP) is 5.16. The van der Waals surface area contributed by atoms with E-state index < -0.39 is 0 Å². The molecule has 2 aliphatic heterocycles. The van der Waals surface area contributed by atoms with Crippen molar-refractivity contribution in [3.63, 3.8) is 0 Å². The minimum atomic E-state index is 0.423. The van der Waals surface area contributed by atoms with Gasteiger partial charge in [-0.2, -0.15) is 0 Å². The average Bonchev–Trinajstić information content (AvgIpc) is 3.06. The molecule has 3 heterocycles. The third-order valence-electron chi connectivity index (χ3n) is 6.92. The van der Waals surface area contributed by atoms with E-state index in [1.165, 1.54) is 55.2 Å². The molecule has 1 aromatic heterocycles. The number of aromatic nitrogens is 1. The van der Waals surface area contributed by atoms with Crippen molar-refractivity contribution in [1.29, 1.82) is 0 Å². The summed E-state index contributed by atoms with van der Waals surface area (Å²) in [5.74, 6) is 0.743. The minimum Gasteiger partial charge on any atom is -0.357 e. The standard InChI is InChI=1S/C23H24N2/c1-2-10-19-15(7-1)17-9-4-6-12-21(17)25-14-13-18-16-8-3-5-11-20(16)24-22(18)23(19)25/h1-3,5,7-8,10-11,17,21,23-24H,4,6,9,12-14H2/t17?,21-,23?/m1/s1. The van der Waals surface area contributed by atoms with Crippen LogP contribution < -0.4 is 0 Å². The van der Waals surface area contributed by atoms with Crippen molar-refractivity contribution in [3.05, 3.63) is 70.9 Å². The highest BCUT2D eigenvalue weighted by molar-refractivity contribution is 5.85. The van der Waals surface area contributed by atoms with E-state index >= 15 is 0 Å². The maximum atomic E-state index is 3.81. The van der Waals surface area contributed by atoms with Crippen LogP contribution in [0.25, 0.3) is 10.9 Å². The summed E-state index contributed by atoms with van der Waals surface area (Å²) in [7, 11) is 0. The van der Waals surface area contributed by atoms with E-state index in [1.54, 1.807) is 16.7 Å². The zero-order valence-corrected chi connectivity index (χ0v) is 14.5. The Bertz CT molecular complexity index is 954. The zero-order valence-electron chi connectivity index (χ0n) is 14.5. The van der Waals surface area contributed by atoms with Crippen LogP contribution in [0.2, 0.25) is 0 Å². The maximum absolute atomic E-state index is 3.81. The van der Waals surface area contributed by atoms with Gasteiger partial charge in [-0.1, -0.05) is 55.3 Å². The van der Waals surface area contributed by atoms with Crippen molar-refractivity contribution in [1.82, 2.24) is 9.88 Å². The SMILES string of the molecule is c1ccc2c(c1)C1CCCC[C@H]1N1CCc3c([nH]c4ccccc34)C21. The fourth-order valence-corrected chi connectivity index (χ4v) is 5.92. The summed E-state index contributed by atoms with van der Waals surface area (Å²) in [6.45, 7) is 1.20. The first-order valence-electron chi connectivity index (χ1n) is 9.86. The summed E-state index contributed by atoms with van der Waals surface area (Å²) in [4.78, 5) is 6.65. The molecule has 0 radical (unpaired) electrons. The molecule has 126 valence electrons. The number of nitrogens with one attached hydrogen (secondary N) is 1. The van der Waals surface area contributed by atoms with Crippen LogP contribution >= 0.6 is 0 Å². The predicted molar refractivity (Wildman–Crippen MR) is 102 cm³/mol. The molecule has 3 atom stereocenters. The van der Waals surface area contributed by atoms with E-state index in [2.05, 4.69) is 58.4 Å². The molecule has 1 fully saturated rings. The third-order valence-corrected chi connectivity index (χ3v) is 6.92. The fourth-order valence-electron chi connectivity index (χ4n) is 5.92. The monoisotopic (exact) mass is 328 g/mol. The van der Waals surface area contributed by atoms with Gasteiger partial charge >= 0.3 is 0 Å². The molecule has 0 spiro atoms. The molecular formula is C23H24N2. The quantitative estimate of drug-likeness (QED) is 0.604. The van der Waals surface area contributed by atoms with Crippen molar-refractivity contribution in [2.24, 2.45) is 0 Å². The van der Waals surface area contributed by atoms with Crippen LogP contribution in [0.3, 0.4) is 0 Å². The Labute approximate surface area is 148 Å². The van der Waals surface area contributed by atoms with Gasteiger partial charge in [0.2, 0.25) is 0 Å². The number of hydrogen-bond acceptors (Lipinski definition) is 1. The van der Waals surface area contributed by atoms with Gasteiger partial charge in [0, 0.05) is 29.2 Å². The summed E-state index contributed by atoms with van der Waals surface area (Å²) in [5, 5.41) is 1.43. The summed E-state index contributed by atoms with van der Waals surface area (Å²) in [6.07, 6.45) is 6.70. The van der Waals surface area contributed by atoms with Crippen molar-refractivity contribution in [3.8, 4) is 0 Å². The molecule has 1 N–H and O–H groups in total. The lowest BCUT2D eigenvalue weighted by atomic mass is 9.71. The smallest absolute Gasteiger partial charge is 0.0762 e. The lowest BCUT2D eigenvalue weighted by Crippen LogP contribution is -2.50. The summed E-state index contributed by atoms with van der Waals surface area (Å²) in [5.41, 5.74) is 7.50. The number of aromatic amines is 1. The Morgan fingerprint density at radius 2 is 1.68 bits per heavy atom. The Morgan fingerprint density at radius 3 is 2.64 bits per heavy atom. The molecule has 3 aliphatic rings. The molecule has 2 nitrogen and oxygen atoms in total. The van der Waals surface area contributed by atoms with Crippen molar-refractivity contribution in [2.75, 3.05) is 6.54 Å². The van der Waals surface area contributed by atoms with Crippen molar-refractivity contribution >= 4 is 10.9 Å². The van der Waals surface area contributed by atoms with Crippen LogP contribution in [-0.2, 0) is 6.42 Å². The number of fused-ring (bicyclic) bond motifs is 10. The summed E-state index contributed by atoms with van der Waals surface area (Å²) < 4.78 is 0. The van der Waals surface area contributed by atoms with Gasteiger partial charge in [0.15, 0.2) is 0 Å². The Kier molecular flexibility index (Phi) is 2.95. The fraction of sp³-hybridized carbons (Fsp3) is 0.391. The number of nitrogens with zero attached hydrogens (tertiary/aromatic N) is 1. The highest BCUT2D eigenvalue weighted by Gasteiger charge is 2.44. The van der Waals surface area contributed by atoms with Crippen molar-refractivity contribution < 1.29 is 0 Å². The van der Waals surface area contributed by atoms with Crippen LogP contribution in [-0.4, -0.2) is 22.5 Å². The first-order chi connectivity index (χ1) is 12.4. The topological polar surface area (TPSA) is 19.0 Å². The number of rotatable bonds is 0. The zero-order chi connectivity index (χ0) is 16.4. The molecule has 1 saturated carbocycles. The maximum Gasteiger partial charge on any atom is 0.0762 e. The Hall–Kier alpha value is -2.06. The van der Waals surface area contributed by atoms with E-state index in [1.807, 2.05) is 0 Å². The molecule has 25 heavy (non-hydrogen) atoms. The molecule has 0 amide bonds. The van der Waals surface area contributed by atoms with Crippen LogP contribution in [0.1, 0.15) is 60.0 Å². The van der Waals surface area contributed by atoms with E-state index in [-0.39, 0.29) is 0 Å². The molecular weight excluding hydrogens is 304 g/mol. The molecule has 0 bridgehead atoms. The van der Waals surface area contributed by atoms with Crippen LogP contribution in [0, 0.1) is 0 Å². The lowest BCUT2D eigenvalue weighted by molar-refractivity contribution is 0.0799. The molecule has 2 heteroatoms. The molecule has 2 unspecified atom stereocenters. The van der Waals surface area contributed by atoms with E-state index in [4.69, 9.17) is 0 Å².